The summed E-state index contributed by atoms with van der Waals surface area (Å²) in [4.78, 5) is 22.4. The molecule has 114 valence electrons. The zero-order chi connectivity index (χ0) is 15.4. The number of aliphatic carboxylic acids is 1. The normalized spacial score (nSPS) is 13.4. The van der Waals surface area contributed by atoms with Gasteiger partial charge in [-0.25, -0.2) is 0 Å². The second-order valence-electron chi connectivity index (χ2n) is 3.97. The summed E-state index contributed by atoms with van der Waals surface area (Å²) in [6, 6.07) is -0.903. The lowest BCUT2D eigenvalue weighted by molar-refractivity contribution is -0.144. The summed E-state index contributed by atoms with van der Waals surface area (Å²) in [6.45, 7) is 0.550. The summed E-state index contributed by atoms with van der Waals surface area (Å²) in [5.41, 5.74) is 4.95. The number of methoxy groups -OCH3 is 2. The van der Waals surface area contributed by atoms with E-state index >= 15 is 0 Å². The molecule has 19 heavy (non-hydrogen) atoms. The van der Waals surface area contributed by atoms with Crippen LogP contribution in [0.2, 0.25) is 0 Å². The van der Waals surface area contributed by atoms with Crippen LogP contribution >= 0.6 is 0 Å². The summed E-state index contributed by atoms with van der Waals surface area (Å²) in [6.07, 6.45) is 0. The number of carboxylic acid groups (broad SMARTS) is 1. The van der Waals surface area contributed by atoms with Crippen molar-refractivity contribution in [3.05, 3.63) is 0 Å². The van der Waals surface area contributed by atoms with Crippen molar-refractivity contribution in [3.8, 4) is 0 Å². The van der Waals surface area contributed by atoms with Crippen LogP contribution in [0, 0.1) is 0 Å². The molecule has 0 rings (SSSR count). The van der Waals surface area contributed by atoms with Gasteiger partial charge in [-0.2, -0.15) is 0 Å². The number of nitrogens with one attached hydrogen (secondary N) is 1. The van der Waals surface area contributed by atoms with E-state index in [1.165, 1.54) is 14.2 Å². The van der Waals surface area contributed by atoms with Crippen LogP contribution in [0.1, 0.15) is 0 Å². The number of rotatable bonds is 8. The summed E-state index contributed by atoms with van der Waals surface area (Å²) in [7, 11) is 8.08. The Kier molecular flexibility index (Phi) is 12.5. The third kappa shape index (κ3) is 10.4. The minimum Gasteiger partial charge on any atom is -0.480 e. The molecule has 0 aliphatic carbocycles. The second-order valence-corrected chi connectivity index (χ2v) is 3.97. The van der Waals surface area contributed by atoms with E-state index in [1.807, 2.05) is 0 Å². The maximum Gasteiger partial charge on any atom is 0.323 e. The van der Waals surface area contributed by atoms with E-state index in [9.17, 15) is 9.59 Å². The van der Waals surface area contributed by atoms with Crippen molar-refractivity contribution in [1.29, 1.82) is 0 Å². The topological polar surface area (TPSA) is 114 Å². The van der Waals surface area contributed by atoms with Crippen molar-refractivity contribution >= 4 is 11.9 Å². The molecule has 0 aliphatic heterocycles. The van der Waals surface area contributed by atoms with Crippen LogP contribution < -0.4 is 11.1 Å². The highest BCUT2D eigenvalue weighted by molar-refractivity contribution is 5.79. The van der Waals surface area contributed by atoms with Gasteiger partial charge in [-0.15, -0.1) is 0 Å². The molecular weight excluding hydrogens is 254 g/mol. The molecule has 0 aromatic heterocycles. The molecule has 4 N–H and O–H groups in total. The van der Waals surface area contributed by atoms with E-state index in [1.54, 1.807) is 26.0 Å². The van der Waals surface area contributed by atoms with Gasteiger partial charge in [-0.3, -0.25) is 14.5 Å². The Morgan fingerprint density at radius 2 is 1.74 bits per heavy atom. The lowest BCUT2D eigenvalue weighted by Gasteiger charge is -2.18. The predicted molar refractivity (Wildman–Crippen MR) is 70.9 cm³/mol. The molecule has 0 fully saturated rings. The second kappa shape index (κ2) is 11.8. The van der Waals surface area contributed by atoms with Crippen molar-refractivity contribution in [3.63, 3.8) is 0 Å². The molecule has 0 aromatic carbocycles. The largest absolute Gasteiger partial charge is 0.480 e. The standard InChI is InChI=1S/C6H13NO3.C5H12N2O2/c1-7(2)5(4-10-3)6(8)9;1-7-4(3-9-2)5(6)8/h5H,4H2,1-3H3,(H,8,9);4,7H,3H2,1-2H3,(H2,6,8)/t5-;4-/m00/s1. The third-order valence-corrected chi connectivity index (χ3v) is 2.26. The molecular formula is C11H25N3O5. The zero-order valence-electron chi connectivity index (χ0n) is 12.2. The molecule has 0 saturated carbocycles. The van der Waals surface area contributed by atoms with Crippen LogP contribution in [0.3, 0.4) is 0 Å². The van der Waals surface area contributed by atoms with E-state index in [4.69, 9.17) is 20.3 Å². The van der Waals surface area contributed by atoms with Crippen molar-refractivity contribution in [2.75, 3.05) is 48.6 Å². The molecule has 0 aliphatic rings. The monoisotopic (exact) mass is 279 g/mol. The number of carbonyl (C=O) groups is 2. The summed E-state index contributed by atoms with van der Waals surface area (Å²) >= 11 is 0. The number of nitrogens with two attached hydrogens (primary N) is 1. The number of primary amides is 1. The van der Waals surface area contributed by atoms with Gasteiger partial charge < -0.3 is 25.6 Å². The number of amides is 1. The summed E-state index contributed by atoms with van der Waals surface area (Å²) < 4.78 is 9.40. The Bertz CT molecular complexity index is 261. The first-order chi connectivity index (χ1) is 8.81. The van der Waals surface area contributed by atoms with Gasteiger partial charge in [0.05, 0.1) is 13.2 Å². The van der Waals surface area contributed by atoms with Crippen LogP contribution in [-0.4, -0.2) is 82.5 Å². The Morgan fingerprint density at radius 1 is 1.26 bits per heavy atom. The molecule has 0 bridgehead atoms. The minimum absolute atomic E-state index is 0.225. The molecule has 0 aromatic rings. The predicted octanol–water partition coefficient (Wildman–Crippen LogP) is -1.65. The first kappa shape index (κ1) is 20.1. The number of ether oxygens (including phenoxy) is 2. The number of likely N-dealkylation sites (N-methyl/N-ethyl adjacent to an activating group) is 2. The highest BCUT2D eigenvalue weighted by Gasteiger charge is 2.18. The van der Waals surface area contributed by atoms with E-state index < -0.39 is 12.0 Å². The van der Waals surface area contributed by atoms with Crippen LogP contribution in [0.15, 0.2) is 0 Å². The highest BCUT2D eigenvalue weighted by Crippen LogP contribution is 1.92. The third-order valence-electron chi connectivity index (χ3n) is 2.26. The summed E-state index contributed by atoms with van der Waals surface area (Å²) in [5.74, 6) is -1.24. The van der Waals surface area contributed by atoms with Gasteiger partial charge >= 0.3 is 5.97 Å². The molecule has 2 atom stereocenters. The van der Waals surface area contributed by atoms with Crippen molar-refractivity contribution in [2.24, 2.45) is 5.73 Å². The fourth-order valence-corrected chi connectivity index (χ4v) is 1.07. The van der Waals surface area contributed by atoms with Gasteiger partial charge in [-0.1, -0.05) is 0 Å². The van der Waals surface area contributed by atoms with Gasteiger partial charge in [0.15, 0.2) is 0 Å². The highest BCUT2D eigenvalue weighted by atomic mass is 16.5. The van der Waals surface area contributed by atoms with Crippen LogP contribution in [-0.2, 0) is 19.1 Å². The zero-order valence-corrected chi connectivity index (χ0v) is 12.2. The molecule has 0 spiro atoms. The van der Waals surface area contributed by atoms with Crippen LogP contribution in [0.25, 0.3) is 0 Å². The molecule has 0 unspecified atom stereocenters. The molecule has 1 amide bonds. The van der Waals surface area contributed by atoms with Gasteiger partial charge in [-0.05, 0) is 21.1 Å². The fourth-order valence-electron chi connectivity index (χ4n) is 1.07. The van der Waals surface area contributed by atoms with Crippen molar-refractivity contribution < 1.29 is 24.2 Å². The fraction of sp³-hybridized carbons (Fsp3) is 0.818. The lowest BCUT2D eigenvalue weighted by atomic mass is 10.3. The Morgan fingerprint density at radius 3 is 1.84 bits per heavy atom. The van der Waals surface area contributed by atoms with Crippen molar-refractivity contribution in [2.45, 2.75) is 12.1 Å². The first-order valence-corrected chi connectivity index (χ1v) is 5.65. The average Bonchev–Trinajstić information content (AvgIpc) is 2.32. The Hall–Kier alpha value is -1.22. The Balaban J connectivity index is 0. The molecule has 0 saturated heterocycles. The van der Waals surface area contributed by atoms with E-state index in [0.29, 0.717) is 6.61 Å². The Labute approximate surface area is 113 Å². The van der Waals surface area contributed by atoms with E-state index in [0.717, 1.165) is 0 Å². The lowest BCUT2D eigenvalue weighted by Crippen LogP contribution is -2.42. The minimum atomic E-state index is -0.855. The van der Waals surface area contributed by atoms with Gasteiger partial charge in [0.25, 0.3) is 0 Å². The number of hydrogen-bond donors (Lipinski definition) is 3. The van der Waals surface area contributed by atoms with E-state index in [-0.39, 0.29) is 18.6 Å². The van der Waals surface area contributed by atoms with Gasteiger partial charge in [0.2, 0.25) is 5.91 Å². The number of hydrogen-bond acceptors (Lipinski definition) is 6. The number of carbonyl (C=O) groups excluding carboxylic acids is 1. The number of nitrogens with zero attached hydrogens (tertiary/aromatic N) is 1. The van der Waals surface area contributed by atoms with Crippen molar-refractivity contribution in [1.82, 2.24) is 10.2 Å². The average molecular weight is 279 g/mol. The summed E-state index contributed by atoms with van der Waals surface area (Å²) in [5, 5.41) is 11.3. The van der Waals surface area contributed by atoms with Crippen LogP contribution in [0.4, 0.5) is 0 Å². The van der Waals surface area contributed by atoms with Gasteiger partial charge in [0.1, 0.15) is 12.1 Å². The number of carboxylic acids is 1. The molecule has 8 nitrogen and oxygen atoms in total. The quantitative estimate of drug-likeness (QED) is 0.488. The first-order valence-electron chi connectivity index (χ1n) is 5.65. The smallest absolute Gasteiger partial charge is 0.323 e. The van der Waals surface area contributed by atoms with Gasteiger partial charge in [0, 0.05) is 14.2 Å². The maximum absolute atomic E-state index is 10.4. The van der Waals surface area contributed by atoms with Crippen LogP contribution in [0.5, 0.6) is 0 Å². The van der Waals surface area contributed by atoms with E-state index in [2.05, 4.69) is 5.32 Å². The maximum atomic E-state index is 10.4. The molecule has 8 heteroatoms. The SMILES string of the molecule is CN[C@@H](COC)C(N)=O.COC[C@@H](C(=O)O)N(C)C. The molecule has 0 heterocycles. The molecule has 0 radical (unpaired) electrons.